The second-order valence-electron chi connectivity index (χ2n) is 7.33. The van der Waals surface area contributed by atoms with E-state index in [9.17, 15) is 9.90 Å². The molecular formula is C22H29NO3. The van der Waals surface area contributed by atoms with Crippen molar-refractivity contribution >= 4 is 5.69 Å². The minimum absolute atomic E-state index is 0.154. The molecule has 0 radical (unpaired) electrons. The lowest BCUT2D eigenvalue weighted by Gasteiger charge is -2.21. The van der Waals surface area contributed by atoms with Gasteiger partial charge < -0.3 is 15.3 Å². The zero-order valence-corrected chi connectivity index (χ0v) is 15.6. The van der Waals surface area contributed by atoms with Gasteiger partial charge in [0.2, 0.25) is 0 Å². The predicted molar refractivity (Wildman–Crippen MR) is 105 cm³/mol. The van der Waals surface area contributed by atoms with Crippen LogP contribution in [0.5, 0.6) is 5.75 Å². The largest absolute Gasteiger partial charge is 0.507 e. The maximum absolute atomic E-state index is 12.8. The first-order valence-electron chi connectivity index (χ1n) is 9.85. The number of nitrogen functional groups attached to an aromatic ring is 1. The highest BCUT2D eigenvalue weighted by Crippen LogP contribution is 2.38. The Balaban J connectivity index is 2.11. The van der Waals surface area contributed by atoms with Crippen LogP contribution in [0.15, 0.2) is 33.5 Å². The molecule has 0 spiro atoms. The van der Waals surface area contributed by atoms with Crippen molar-refractivity contribution in [2.45, 2.75) is 70.6 Å². The number of unbranched alkanes of at least 4 members (excludes halogenated alkanes) is 1. The van der Waals surface area contributed by atoms with E-state index in [0.717, 1.165) is 68.9 Å². The first-order chi connectivity index (χ1) is 12.6. The van der Waals surface area contributed by atoms with Gasteiger partial charge in [-0.3, -0.25) is 0 Å². The van der Waals surface area contributed by atoms with Crippen LogP contribution in [-0.2, 0) is 12.8 Å². The van der Waals surface area contributed by atoms with E-state index < -0.39 is 5.63 Å². The highest BCUT2D eigenvalue weighted by Gasteiger charge is 2.27. The summed E-state index contributed by atoms with van der Waals surface area (Å²) in [5, 5.41) is 11.0. The van der Waals surface area contributed by atoms with Crippen LogP contribution in [0, 0.1) is 0 Å². The van der Waals surface area contributed by atoms with E-state index in [0.29, 0.717) is 17.0 Å². The molecule has 1 atom stereocenters. The normalized spacial score (nSPS) is 15.7. The third kappa shape index (κ3) is 3.95. The average Bonchev–Trinajstić information content (AvgIpc) is 2.59. The summed E-state index contributed by atoms with van der Waals surface area (Å²) in [5.74, 6) is 0.643. The summed E-state index contributed by atoms with van der Waals surface area (Å²) in [5.41, 5.74) is 8.44. The predicted octanol–water partition coefficient (Wildman–Crippen LogP) is 4.91. The SMILES string of the molecule is CCCCC(c1cccc(N)c1)c1c(O)c2c(oc1=O)CCCCCC2. The summed E-state index contributed by atoms with van der Waals surface area (Å²) < 4.78 is 5.71. The first-order valence-corrected chi connectivity index (χ1v) is 9.85. The Bertz CT molecular complexity index is 810. The zero-order valence-electron chi connectivity index (χ0n) is 15.6. The van der Waals surface area contributed by atoms with Crippen molar-refractivity contribution in [1.29, 1.82) is 0 Å². The molecule has 1 aromatic carbocycles. The summed E-state index contributed by atoms with van der Waals surface area (Å²) in [6, 6.07) is 7.61. The van der Waals surface area contributed by atoms with E-state index >= 15 is 0 Å². The Hall–Kier alpha value is -2.23. The lowest BCUT2D eigenvalue weighted by Crippen LogP contribution is -2.18. The fourth-order valence-corrected chi connectivity index (χ4v) is 3.99. The summed E-state index contributed by atoms with van der Waals surface area (Å²) in [7, 11) is 0. The Morgan fingerprint density at radius 1 is 1.19 bits per heavy atom. The molecule has 0 aliphatic heterocycles. The Morgan fingerprint density at radius 2 is 1.96 bits per heavy atom. The van der Waals surface area contributed by atoms with Crippen molar-refractivity contribution < 1.29 is 9.52 Å². The van der Waals surface area contributed by atoms with E-state index in [-0.39, 0.29) is 11.7 Å². The Labute approximate surface area is 155 Å². The summed E-state index contributed by atoms with van der Waals surface area (Å²) >= 11 is 0. The summed E-state index contributed by atoms with van der Waals surface area (Å²) in [4.78, 5) is 12.8. The van der Waals surface area contributed by atoms with Crippen LogP contribution in [0.25, 0.3) is 0 Å². The standard InChI is InChI=1S/C22H29NO3/c1-2-3-11-17(15-9-8-10-16(23)14-15)20-21(24)18-12-6-4-5-7-13-19(18)26-22(20)25/h8-10,14,17,24H,2-7,11-13,23H2,1H3. The van der Waals surface area contributed by atoms with E-state index in [1.807, 2.05) is 24.3 Å². The highest BCUT2D eigenvalue weighted by atomic mass is 16.4. The number of aryl methyl sites for hydroxylation is 1. The molecule has 26 heavy (non-hydrogen) atoms. The van der Waals surface area contributed by atoms with Crippen LogP contribution in [-0.4, -0.2) is 5.11 Å². The molecule has 1 heterocycles. The molecule has 0 saturated heterocycles. The number of nitrogens with two attached hydrogens (primary N) is 1. The van der Waals surface area contributed by atoms with Crippen molar-refractivity contribution in [3.8, 4) is 5.75 Å². The molecular weight excluding hydrogens is 326 g/mol. The van der Waals surface area contributed by atoms with Crippen molar-refractivity contribution in [2.75, 3.05) is 5.73 Å². The summed E-state index contributed by atoms with van der Waals surface area (Å²) in [6.45, 7) is 2.12. The number of fused-ring (bicyclic) bond motifs is 1. The van der Waals surface area contributed by atoms with Crippen molar-refractivity contribution in [2.24, 2.45) is 0 Å². The van der Waals surface area contributed by atoms with Gasteiger partial charge in [-0.25, -0.2) is 4.79 Å². The maximum atomic E-state index is 12.8. The van der Waals surface area contributed by atoms with Crippen LogP contribution < -0.4 is 11.4 Å². The smallest absolute Gasteiger partial charge is 0.343 e. The number of rotatable bonds is 5. The lowest BCUT2D eigenvalue weighted by atomic mass is 9.85. The molecule has 140 valence electrons. The molecule has 0 amide bonds. The van der Waals surface area contributed by atoms with Gasteiger partial charge in [-0.15, -0.1) is 0 Å². The first kappa shape index (κ1) is 18.6. The highest BCUT2D eigenvalue weighted by molar-refractivity contribution is 5.49. The van der Waals surface area contributed by atoms with Crippen LogP contribution >= 0.6 is 0 Å². The molecule has 0 saturated carbocycles. The van der Waals surface area contributed by atoms with Gasteiger partial charge in [0.05, 0.1) is 5.56 Å². The van der Waals surface area contributed by atoms with Gasteiger partial charge in [0, 0.05) is 23.6 Å². The topological polar surface area (TPSA) is 76.5 Å². The molecule has 3 N–H and O–H groups in total. The average molecular weight is 355 g/mol. The Kier molecular flexibility index (Phi) is 6.02. The van der Waals surface area contributed by atoms with Crippen LogP contribution in [0.3, 0.4) is 0 Å². The molecule has 3 rings (SSSR count). The molecule has 0 fully saturated rings. The quantitative estimate of drug-likeness (QED) is 0.747. The van der Waals surface area contributed by atoms with Crippen LogP contribution in [0.2, 0.25) is 0 Å². The summed E-state index contributed by atoms with van der Waals surface area (Å²) in [6.07, 6.45) is 8.61. The van der Waals surface area contributed by atoms with E-state index in [4.69, 9.17) is 10.2 Å². The van der Waals surface area contributed by atoms with Crippen LogP contribution in [0.1, 0.15) is 80.2 Å². The van der Waals surface area contributed by atoms with Gasteiger partial charge in [0.1, 0.15) is 11.5 Å². The van der Waals surface area contributed by atoms with Crippen molar-refractivity contribution in [3.63, 3.8) is 0 Å². The molecule has 1 aromatic heterocycles. The number of benzene rings is 1. The monoisotopic (exact) mass is 355 g/mol. The number of anilines is 1. The van der Waals surface area contributed by atoms with Gasteiger partial charge in [0.25, 0.3) is 0 Å². The lowest BCUT2D eigenvalue weighted by molar-refractivity contribution is 0.382. The number of hydrogen-bond acceptors (Lipinski definition) is 4. The number of hydrogen-bond donors (Lipinski definition) is 2. The minimum Gasteiger partial charge on any atom is -0.507 e. The molecule has 1 aliphatic rings. The third-order valence-corrected chi connectivity index (χ3v) is 5.40. The third-order valence-electron chi connectivity index (χ3n) is 5.40. The van der Waals surface area contributed by atoms with Gasteiger partial charge >= 0.3 is 5.63 Å². The number of aromatic hydroxyl groups is 1. The molecule has 0 bridgehead atoms. The van der Waals surface area contributed by atoms with E-state index in [1.165, 1.54) is 0 Å². The van der Waals surface area contributed by atoms with Crippen LogP contribution in [0.4, 0.5) is 5.69 Å². The fourth-order valence-electron chi connectivity index (χ4n) is 3.99. The van der Waals surface area contributed by atoms with Gasteiger partial charge in [-0.2, -0.15) is 0 Å². The van der Waals surface area contributed by atoms with Gasteiger partial charge in [0.15, 0.2) is 0 Å². The second kappa shape index (κ2) is 8.43. The van der Waals surface area contributed by atoms with Gasteiger partial charge in [-0.1, -0.05) is 44.7 Å². The van der Waals surface area contributed by atoms with Gasteiger partial charge in [-0.05, 0) is 43.4 Å². The Morgan fingerprint density at radius 3 is 2.69 bits per heavy atom. The maximum Gasteiger partial charge on any atom is 0.343 e. The van der Waals surface area contributed by atoms with E-state index in [2.05, 4.69) is 6.92 Å². The fraction of sp³-hybridized carbons (Fsp3) is 0.500. The van der Waals surface area contributed by atoms with Crippen molar-refractivity contribution in [1.82, 2.24) is 0 Å². The molecule has 2 aromatic rings. The second-order valence-corrected chi connectivity index (χ2v) is 7.33. The van der Waals surface area contributed by atoms with Crippen molar-refractivity contribution in [3.05, 3.63) is 57.1 Å². The molecule has 1 aliphatic carbocycles. The molecule has 4 nitrogen and oxygen atoms in total. The molecule has 4 heteroatoms. The van der Waals surface area contributed by atoms with E-state index in [1.54, 1.807) is 0 Å². The minimum atomic E-state index is -0.398. The molecule has 1 unspecified atom stereocenters. The zero-order chi connectivity index (χ0) is 18.5.